The van der Waals surface area contributed by atoms with Crippen LogP contribution >= 0.6 is 0 Å². The summed E-state index contributed by atoms with van der Waals surface area (Å²) in [6.07, 6.45) is 5.96. The number of aromatic amines is 1. The molecule has 3 aromatic rings. The van der Waals surface area contributed by atoms with Gasteiger partial charge in [-0.1, -0.05) is 18.2 Å². The molecule has 4 rings (SSSR count). The summed E-state index contributed by atoms with van der Waals surface area (Å²) in [6.45, 7) is 0.751. The van der Waals surface area contributed by atoms with Crippen molar-refractivity contribution in [2.75, 3.05) is 6.54 Å². The molecule has 1 fully saturated rings. The number of amides is 1. The Hall–Kier alpha value is -2.89. The zero-order chi connectivity index (χ0) is 18.6. The minimum Gasteiger partial charge on any atom is -0.354 e. The zero-order valence-electron chi connectivity index (χ0n) is 15.2. The van der Waals surface area contributed by atoms with Crippen molar-refractivity contribution in [3.63, 3.8) is 0 Å². The number of nitrogens with one attached hydrogen (secondary N) is 2. The highest BCUT2D eigenvalue weighted by atomic mass is 16.2. The van der Waals surface area contributed by atoms with Gasteiger partial charge in [0.1, 0.15) is 12.4 Å². The first-order valence-corrected chi connectivity index (χ1v) is 9.56. The van der Waals surface area contributed by atoms with Crippen LogP contribution in [0.1, 0.15) is 37.4 Å². The summed E-state index contributed by atoms with van der Waals surface area (Å²) in [5, 5.41) is 2.98. The van der Waals surface area contributed by atoms with Crippen LogP contribution < -0.4 is 10.9 Å². The summed E-state index contributed by atoms with van der Waals surface area (Å²) >= 11 is 0. The van der Waals surface area contributed by atoms with Gasteiger partial charge in [0.15, 0.2) is 0 Å². The molecule has 2 N–H and O–H groups in total. The van der Waals surface area contributed by atoms with Crippen LogP contribution in [0.3, 0.4) is 0 Å². The van der Waals surface area contributed by atoms with Crippen molar-refractivity contribution in [3.05, 3.63) is 64.8 Å². The van der Waals surface area contributed by atoms with Gasteiger partial charge >= 0.3 is 0 Å². The van der Waals surface area contributed by atoms with E-state index in [9.17, 15) is 9.59 Å². The maximum Gasteiger partial charge on any atom is 0.250 e. The first-order valence-electron chi connectivity index (χ1n) is 9.56. The third-order valence-corrected chi connectivity index (χ3v) is 5.44. The number of fused-ring (bicyclic) bond motifs is 1. The number of rotatable bonds is 5. The summed E-state index contributed by atoms with van der Waals surface area (Å²) in [7, 11) is 0. The lowest BCUT2D eigenvalue weighted by Gasteiger charge is -2.27. The van der Waals surface area contributed by atoms with Gasteiger partial charge in [-0.2, -0.15) is 0 Å². The number of H-pyrrole nitrogens is 1. The van der Waals surface area contributed by atoms with E-state index in [0.717, 1.165) is 42.5 Å². The van der Waals surface area contributed by atoms with Crippen molar-refractivity contribution in [2.24, 2.45) is 5.92 Å². The van der Waals surface area contributed by atoms with Crippen molar-refractivity contribution in [1.29, 1.82) is 0 Å². The largest absolute Gasteiger partial charge is 0.354 e. The number of carbonyl (C=O) groups excluding carboxylic acids is 1. The molecule has 6 nitrogen and oxygen atoms in total. The first kappa shape index (κ1) is 17.5. The molecule has 1 aromatic carbocycles. The fourth-order valence-corrected chi connectivity index (χ4v) is 3.87. The lowest BCUT2D eigenvalue weighted by atomic mass is 9.81. The molecule has 1 aliphatic rings. The molecule has 0 aliphatic heterocycles. The third-order valence-electron chi connectivity index (χ3n) is 5.44. The van der Waals surface area contributed by atoms with Crippen molar-refractivity contribution >= 4 is 16.9 Å². The predicted octanol–water partition coefficient (Wildman–Crippen LogP) is 2.81. The number of hydrogen-bond acceptors (Lipinski definition) is 3. The smallest absolute Gasteiger partial charge is 0.250 e. The van der Waals surface area contributed by atoms with Crippen LogP contribution in [0.2, 0.25) is 0 Å². The van der Waals surface area contributed by atoms with Gasteiger partial charge in [0.05, 0.1) is 11.0 Å². The van der Waals surface area contributed by atoms with E-state index >= 15 is 0 Å². The Morgan fingerprint density at radius 2 is 1.89 bits per heavy atom. The predicted molar refractivity (Wildman–Crippen MR) is 105 cm³/mol. The molecule has 0 atom stereocenters. The van der Waals surface area contributed by atoms with Crippen molar-refractivity contribution < 1.29 is 4.79 Å². The standard InChI is InChI=1S/C21H24N4O2/c26-19(14-25-12-4-3-7-20(25)27)22-13-15-8-10-16(11-9-15)21-23-17-5-1-2-6-18(17)24-21/h1-7,12,15-16H,8-11,13-14H2,(H,22,26)(H,23,24). The molecule has 6 heteroatoms. The van der Waals surface area contributed by atoms with Crippen molar-refractivity contribution in [1.82, 2.24) is 19.9 Å². The Bertz CT molecular complexity index is 950. The van der Waals surface area contributed by atoms with Crippen LogP contribution in [0.5, 0.6) is 0 Å². The molecule has 0 unspecified atom stereocenters. The molecular weight excluding hydrogens is 340 g/mol. The van der Waals surface area contributed by atoms with Crippen LogP contribution in [0.15, 0.2) is 53.5 Å². The van der Waals surface area contributed by atoms with E-state index in [1.165, 1.54) is 10.6 Å². The second-order valence-corrected chi connectivity index (χ2v) is 7.33. The molecule has 2 aromatic heterocycles. The van der Waals surface area contributed by atoms with Gasteiger partial charge in [0.25, 0.3) is 5.56 Å². The van der Waals surface area contributed by atoms with Crippen molar-refractivity contribution in [3.8, 4) is 0 Å². The SMILES string of the molecule is O=C(Cn1ccccc1=O)NCC1CCC(c2nc3ccccc3[nH]2)CC1. The number of imidazole rings is 1. The minimum atomic E-state index is -0.154. The second kappa shape index (κ2) is 7.78. The van der Waals surface area contributed by atoms with Gasteiger partial charge in [-0.15, -0.1) is 0 Å². The molecule has 0 bridgehead atoms. The fraction of sp³-hybridized carbons (Fsp3) is 0.381. The normalized spacial score (nSPS) is 19.9. The summed E-state index contributed by atoms with van der Waals surface area (Å²) < 4.78 is 1.42. The molecule has 0 spiro atoms. The maximum absolute atomic E-state index is 12.1. The van der Waals surface area contributed by atoms with E-state index in [-0.39, 0.29) is 18.0 Å². The van der Waals surface area contributed by atoms with Crippen LogP contribution in [-0.4, -0.2) is 27.0 Å². The summed E-state index contributed by atoms with van der Waals surface area (Å²) in [6, 6.07) is 13.0. The monoisotopic (exact) mass is 364 g/mol. The van der Waals surface area contributed by atoms with Gasteiger partial charge in [-0.3, -0.25) is 9.59 Å². The van der Waals surface area contributed by atoms with E-state index in [0.29, 0.717) is 18.4 Å². The molecule has 0 radical (unpaired) electrons. The topological polar surface area (TPSA) is 79.8 Å². The highest BCUT2D eigenvalue weighted by Gasteiger charge is 2.24. The van der Waals surface area contributed by atoms with E-state index in [1.54, 1.807) is 18.3 Å². The van der Waals surface area contributed by atoms with E-state index in [1.807, 2.05) is 18.2 Å². The van der Waals surface area contributed by atoms with Gasteiger partial charge in [-0.25, -0.2) is 4.98 Å². The Labute approximate surface area is 157 Å². The molecule has 1 saturated carbocycles. The number of benzene rings is 1. The minimum absolute atomic E-state index is 0.0774. The van der Waals surface area contributed by atoms with Gasteiger partial charge < -0.3 is 14.9 Å². The summed E-state index contributed by atoms with van der Waals surface area (Å²) in [5.74, 6) is 1.93. The molecule has 0 saturated heterocycles. The summed E-state index contributed by atoms with van der Waals surface area (Å²) in [4.78, 5) is 32.0. The number of carbonyl (C=O) groups is 1. The number of aromatic nitrogens is 3. The lowest BCUT2D eigenvalue weighted by molar-refractivity contribution is -0.121. The number of pyridine rings is 1. The van der Waals surface area contributed by atoms with Crippen LogP contribution in [0.4, 0.5) is 0 Å². The Kier molecular flexibility index (Phi) is 5.05. The highest BCUT2D eigenvalue weighted by molar-refractivity contribution is 5.75. The van der Waals surface area contributed by atoms with Gasteiger partial charge in [-0.05, 0) is 49.8 Å². The molecular formula is C21H24N4O2. The number of nitrogens with zero attached hydrogens (tertiary/aromatic N) is 2. The molecule has 1 amide bonds. The van der Waals surface area contributed by atoms with Gasteiger partial charge in [0.2, 0.25) is 5.91 Å². The third kappa shape index (κ3) is 4.10. The highest BCUT2D eigenvalue weighted by Crippen LogP contribution is 2.34. The molecule has 1 aliphatic carbocycles. The Morgan fingerprint density at radius 3 is 2.67 bits per heavy atom. The maximum atomic E-state index is 12.1. The zero-order valence-corrected chi connectivity index (χ0v) is 15.2. The summed E-state index contributed by atoms with van der Waals surface area (Å²) in [5.41, 5.74) is 1.97. The van der Waals surface area contributed by atoms with Crippen LogP contribution in [0.25, 0.3) is 11.0 Å². The van der Waals surface area contributed by atoms with Crippen LogP contribution in [-0.2, 0) is 11.3 Å². The molecule has 2 heterocycles. The Balaban J connectivity index is 1.26. The second-order valence-electron chi connectivity index (χ2n) is 7.33. The molecule has 27 heavy (non-hydrogen) atoms. The molecule has 140 valence electrons. The first-order chi connectivity index (χ1) is 13.2. The van der Waals surface area contributed by atoms with Crippen molar-refractivity contribution in [2.45, 2.75) is 38.1 Å². The fourth-order valence-electron chi connectivity index (χ4n) is 3.87. The average Bonchev–Trinajstić information content (AvgIpc) is 3.13. The van der Waals surface area contributed by atoms with E-state index in [4.69, 9.17) is 4.98 Å². The number of para-hydroxylation sites is 2. The lowest BCUT2D eigenvalue weighted by Crippen LogP contribution is -2.35. The van der Waals surface area contributed by atoms with E-state index < -0.39 is 0 Å². The van der Waals surface area contributed by atoms with Gasteiger partial charge in [0, 0.05) is 24.7 Å². The quantitative estimate of drug-likeness (QED) is 0.731. The Morgan fingerprint density at radius 1 is 1.11 bits per heavy atom. The van der Waals surface area contributed by atoms with Crippen LogP contribution in [0, 0.1) is 5.92 Å². The van der Waals surface area contributed by atoms with E-state index in [2.05, 4.69) is 16.4 Å². The number of hydrogen-bond donors (Lipinski definition) is 2. The average molecular weight is 364 g/mol.